The Balaban J connectivity index is 4.08. The molecule has 0 rings (SSSR count). The predicted octanol–water partition coefficient (Wildman–Crippen LogP) is 1.07. The van der Waals surface area contributed by atoms with E-state index in [0.29, 0.717) is 19.6 Å². The monoisotopic (exact) mass is 245 g/mol. The van der Waals surface area contributed by atoms with E-state index in [4.69, 9.17) is 4.74 Å². The average Bonchev–Trinajstić information content (AvgIpc) is 2.27. The van der Waals surface area contributed by atoms with Crippen LogP contribution in [0.1, 0.15) is 27.2 Å². The smallest absolute Gasteiger partial charge is 0.309 e. The Morgan fingerprint density at radius 3 is 2.35 bits per heavy atom. The first-order chi connectivity index (χ1) is 7.92. The topological polar surface area (TPSA) is 55.8 Å². The van der Waals surface area contributed by atoms with Gasteiger partial charge in [-0.15, -0.1) is 0 Å². The molecule has 0 amide bonds. The molecule has 0 bridgehead atoms. The highest BCUT2D eigenvalue weighted by molar-refractivity contribution is 5.72. The Hall–Kier alpha value is -1.10. The summed E-state index contributed by atoms with van der Waals surface area (Å²) in [5.41, 5.74) is 0. The van der Waals surface area contributed by atoms with E-state index in [-0.39, 0.29) is 23.9 Å². The van der Waals surface area contributed by atoms with Gasteiger partial charge in [0.05, 0.1) is 26.1 Å². The van der Waals surface area contributed by atoms with Gasteiger partial charge in [0.2, 0.25) is 0 Å². The largest absolute Gasteiger partial charge is 0.469 e. The van der Waals surface area contributed by atoms with Crippen LogP contribution in [0.5, 0.6) is 0 Å². The number of carbonyl (C=O) groups is 2. The predicted molar refractivity (Wildman–Crippen MR) is 64.5 cm³/mol. The molecule has 0 aliphatic carbocycles. The van der Waals surface area contributed by atoms with Gasteiger partial charge in [0.15, 0.2) is 0 Å². The van der Waals surface area contributed by atoms with Gasteiger partial charge in [-0.1, -0.05) is 6.92 Å². The maximum Gasteiger partial charge on any atom is 0.309 e. The molecule has 0 aromatic rings. The first-order valence-electron chi connectivity index (χ1n) is 5.86. The molecule has 0 aliphatic heterocycles. The van der Waals surface area contributed by atoms with Crippen molar-refractivity contribution in [2.45, 2.75) is 33.2 Å². The fourth-order valence-electron chi connectivity index (χ4n) is 1.50. The van der Waals surface area contributed by atoms with Crippen LogP contribution in [0.25, 0.3) is 0 Å². The lowest BCUT2D eigenvalue weighted by Crippen LogP contribution is -2.37. The Labute approximate surface area is 103 Å². The molecule has 2 atom stereocenters. The molecule has 0 saturated carbocycles. The summed E-state index contributed by atoms with van der Waals surface area (Å²) in [4.78, 5) is 24.5. The summed E-state index contributed by atoms with van der Waals surface area (Å²) in [6, 6.07) is 0.0427. The van der Waals surface area contributed by atoms with Crippen molar-refractivity contribution in [3.8, 4) is 0 Å². The number of hydrogen-bond acceptors (Lipinski definition) is 5. The van der Waals surface area contributed by atoms with Gasteiger partial charge < -0.3 is 14.4 Å². The van der Waals surface area contributed by atoms with Crippen LogP contribution < -0.4 is 0 Å². The van der Waals surface area contributed by atoms with Crippen molar-refractivity contribution in [3.05, 3.63) is 0 Å². The quantitative estimate of drug-likeness (QED) is 0.628. The summed E-state index contributed by atoms with van der Waals surface area (Å²) < 4.78 is 9.53. The van der Waals surface area contributed by atoms with E-state index in [1.165, 1.54) is 7.11 Å². The number of methoxy groups -OCH3 is 1. The van der Waals surface area contributed by atoms with E-state index < -0.39 is 0 Å². The summed E-state index contributed by atoms with van der Waals surface area (Å²) >= 11 is 0. The zero-order chi connectivity index (χ0) is 13.4. The van der Waals surface area contributed by atoms with Gasteiger partial charge in [-0.05, 0) is 20.9 Å². The number of ether oxygens (including phenoxy) is 2. The summed E-state index contributed by atoms with van der Waals surface area (Å²) in [6.45, 7) is 6.48. The lowest BCUT2D eigenvalue weighted by molar-refractivity contribution is -0.145. The average molecular weight is 245 g/mol. The number of hydrogen-bond donors (Lipinski definition) is 0. The minimum atomic E-state index is -0.236. The van der Waals surface area contributed by atoms with E-state index in [0.717, 1.165) is 0 Å². The fraction of sp³-hybridized carbons (Fsp3) is 0.833. The molecule has 0 saturated heterocycles. The van der Waals surface area contributed by atoms with Gasteiger partial charge >= 0.3 is 11.9 Å². The molecule has 0 spiro atoms. The fourth-order valence-corrected chi connectivity index (χ4v) is 1.50. The normalized spacial score (nSPS) is 14.2. The van der Waals surface area contributed by atoms with Crippen LogP contribution in [-0.4, -0.2) is 50.2 Å². The summed E-state index contributed by atoms with van der Waals surface area (Å²) in [7, 11) is 3.25. The summed E-state index contributed by atoms with van der Waals surface area (Å²) in [5.74, 6) is -0.646. The lowest BCUT2D eigenvalue weighted by atomic mass is 10.1. The number of esters is 2. The maximum atomic E-state index is 11.3. The molecule has 2 unspecified atom stereocenters. The molecule has 0 aliphatic rings. The summed E-state index contributed by atoms with van der Waals surface area (Å²) in [6.07, 6.45) is 0.332. The van der Waals surface area contributed by atoms with Gasteiger partial charge in [0, 0.05) is 12.6 Å². The van der Waals surface area contributed by atoms with Gasteiger partial charge in [-0.3, -0.25) is 9.59 Å². The lowest BCUT2D eigenvalue weighted by Gasteiger charge is -2.25. The van der Waals surface area contributed by atoms with Crippen molar-refractivity contribution >= 4 is 11.9 Å². The molecular weight excluding hydrogens is 222 g/mol. The minimum absolute atomic E-state index is 0.0427. The van der Waals surface area contributed by atoms with Crippen LogP contribution in [0.15, 0.2) is 0 Å². The zero-order valence-corrected chi connectivity index (χ0v) is 11.4. The van der Waals surface area contributed by atoms with Crippen LogP contribution in [0.4, 0.5) is 0 Å². The van der Waals surface area contributed by atoms with Crippen LogP contribution >= 0.6 is 0 Å². The number of rotatable bonds is 7. The van der Waals surface area contributed by atoms with E-state index in [1.807, 2.05) is 18.9 Å². The van der Waals surface area contributed by atoms with Crippen LogP contribution in [0.2, 0.25) is 0 Å². The molecule has 0 aromatic heterocycles. The summed E-state index contributed by atoms with van der Waals surface area (Å²) in [5, 5.41) is 0. The van der Waals surface area contributed by atoms with Crippen LogP contribution in [0, 0.1) is 5.92 Å². The highest BCUT2D eigenvalue weighted by Crippen LogP contribution is 2.07. The number of carbonyl (C=O) groups excluding carboxylic acids is 2. The Morgan fingerprint density at radius 2 is 1.88 bits per heavy atom. The standard InChI is InChI=1S/C12H23NO4/c1-6-17-11(14)7-10(3)13(4)8-9(2)12(15)16-5/h9-10H,6-8H2,1-5H3. The minimum Gasteiger partial charge on any atom is -0.469 e. The van der Waals surface area contributed by atoms with Crippen molar-refractivity contribution in [2.24, 2.45) is 5.92 Å². The van der Waals surface area contributed by atoms with Gasteiger partial charge in [0.1, 0.15) is 0 Å². The Morgan fingerprint density at radius 1 is 1.29 bits per heavy atom. The van der Waals surface area contributed by atoms with E-state index >= 15 is 0 Å². The zero-order valence-electron chi connectivity index (χ0n) is 11.4. The first kappa shape index (κ1) is 15.9. The number of nitrogens with zero attached hydrogens (tertiary/aromatic N) is 1. The highest BCUT2D eigenvalue weighted by atomic mass is 16.5. The van der Waals surface area contributed by atoms with E-state index in [1.54, 1.807) is 13.8 Å². The van der Waals surface area contributed by atoms with Gasteiger partial charge in [-0.2, -0.15) is 0 Å². The third-order valence-electron chi connectivity index (χ3n) is 2.69. The second kappa shape index (κ2) is 8.06. The molecule has 0 heterocycles. The van der Waals surface area contributed by atoms with Gasteiger partial charge in [0.25, 0.3) is 0 Å². The molecule has 100 valence electrons. The first-order valence-corrected chi connectivity index (χ1v) is 5.86. The van der Waals surface area contributed by atoms with Crippen molar-refractivity contribution in [2.75, 3.05) is 27.3 Å². The molecular formula is C12H23NO4. The molecule has 0 radical (unpaired) electrons. The second-order valence-corrected chi connectivity index (χ2v) is 4.22. The van der Waals surface area contributed by atoms with Crippen molar-refractivity contribution in [1.29, 1.82) is 0 Å². The van der Waals surface area contributed by atoms with Crippen LogP contribution in [-0.2, 0) is 19.1 Å². The molecule has 5 heteroatoms. The van der Waals surface area contributed by atoms with Gasteiger partial charge in [-0.25, -0.2) is 0 Å². The molecule has 0 aromatic carbocycles. The van der Waals surface area contributed by atoms with Crippen molar-refractivity contribution in [1.82, 2.24) is 4.90 Å². The SMILES string of the molecule is CCOC(=O)CC(C)N(C)CC(C)C(=O)OC. The van der Waals surface area contributed by atoms with E-state index in [9.17, 15) is 9.59 Å². The van der Waals surface area contributed by atoms with Crippen molar-refractivity contribution in [3.63, 3.8) is 0 Å². The third kappa shape index (κ3) is 6.26. The van der Waals surface area contributed by atoms with Crippen LogP contribution in [0.3, 0.4) is 0 Å². The molecule has 5 nitrogen and oxygen atoms in total. The third-order valence-corrected chi connectivity index (χ3v) is 2.69. The Kier molecular flexibility index (Phi) is 7.54. The molecule has 17 heavy (non-hydrogen) atoms. The Bertz CT molecular complexity index is 255. The second-order valence-electron chi connectivity index (χ2n) is 4.22. The highest BCUT2D eigenvalue weighted by Gasteiger charge is 2.20. The maximum absolute atomic E-state index is 11.3. The van der Waals surface area contributed by atoms with E-state index in [2.05, 4.69) is 4.74 Å². The van der Waals surface area contributed by atoms with Crippen molar-refractivity contribution < 1.29 is 19.1 Å². The molecule has 0 fully saturated rings. The molecule has 0 N–H and O–H groups in total.